The molecule has 0 radical (unpaired) electrons. The average molecular weight is 294 g/mol. The summed E-state index contributed by atoms with van der Waals surface area (Å²) in [6.45, 7) is 9.22. The molecule has 3 heteroatoms. The van der Waals surface area contributed by atoms with Crippen molar-refractivity contribution in [3.05, 3.63) is 0 Å². The molecule has 3 fully saturated rings. The van der Waals surface area contributed by atoms with Crippen molar-refractivity contribution in [3.8, 4) is 0 Å². The Morgan fingerprint density at radius 2 is 1.81 bits per heavy atom. The molecule has 1 heterocycles. The molecule has 2 unspecified atom stereocenters. The third-order valence-electron chi connectivity index (χ3n) is 6.66. The predicted molar refractivity (Wildman–Crippen MR) is 87.6 cm³/mol. The van der Waals surface area contributed by atoms with Gasteiger partial charge in [0.2, 0.25) is 0 Å². The smallest absolute Gasteiger partial charge is 0.0661 e. The summed E-state index contributed by atoms with van der Waals surface area (Å²) in [4.78, 5) is 2.47. The summed E-state index contributed by atoms with van der Waals surface area (Å²) in [7, 11) is 2.25. The average Bonchev–Trinajstić information content (AvgIpc) is 2.98. The molecule has 2 atom stereocenters. The van der Waals surface area contributed by atoms with E-state index < -0.39 is 0 Å². The van der Waals surface area contributed by atoms with E-state index in [9.17, 15) is 0 Å². The summed E-state index contributed by atoms with van der Waals surface area (Å²) < 4.78 is 6.03. The number of hydrogen-bond donors (Lipinski definition) is 1. The van der Waals surface area contributed by atoms with Crippen LogP contribution in [0, 0.1) is 10.8 Å². The predicted octanol–water partition coefficient (Wildman–Crippen LogP) is 3.05. The van der Waals surface area contributed by atoms with Crippen LogP contribution in [0.1, 0.15) is 58.8 Å². The SMILES string of the molecule is CCOC1CC(NCC2(C)CCN(C)CC2)C12CCCC2. The minimum Gasteiger partial charge on any atom is -0.378 e. The second-order valence-corrected chi connectivity index (χ2v) is 8.17. The van der Waals surface area contributed by atoms with Gasteiger partial charge in [-0.25, -0.2) is 0 Å². The molecule has 3 rings (SSSR count). The first-order valence-electron chi connectivity index (χ1n) is 9.11. The summed E-state index contributed by atoms with van der Waals surface area (Å²) in [5.74, 6) is 0. The standard InChI is InChI=1S/C18H34N2O/c1-4-21-16-13-15(18(16)7-5-6-8-18)19-14-17(2)9-11-20(3)12-10-17/h15-16,19H,4-14H2,1-3H3. The molecule has 1 aliphatic heterocycles. The molecule has 2 aliphatic carbocycles. The highest BCUT2D eigenvalue weighted by Crippen LogP contribution is 2.54. The molecule has 2 saturated carbocycles. The molecule has 0 aromatic heterocycles. The van der Waals surface area contributed by atoms with E-state index in [1.54, 1.807) is 0 Å². The molecule has 3 aliphatic rings. The summed E-state index contributed by atoms with van der Waals surface area (Å²) in [6, 6.07) is 0.716. The second-order valence-electron chi connectivity index (χ2n) is 8.17. The maximum atomic E-state index is 6.03. The Balaban J connectivity index is 1.53. The van der Waals surface area contributed by atoms with Crippen molar-refractivity contribution in [2.75, 3.05) is 33.3 Å². The minimum atomic E-state index is 0.484. The van der Waals surface area contributed by atoms with Crippen LogP contribution in [0.2, 0.25) is 0 Å². The zero-order chi connectivity index (χ0) is 14.9. The van der Waals surface area contributed by atoms with E-state index >= 15 is 0 Å². The Kier molecular flexibility index (Phi) is 4.63. The van der Waals surface area contributed by atoms with Crippen LogP contribution in [-0.2, 0) is 4.74 Å². The fraction of sp³-hybridized carbons (Fsp3) is 1.00. The Bertz CT molecular complexity index is 343. The van der Waals surface area contributed by atoms with Crippen molar-refractivity contribution in [2.24, 2.45) is 10.8 Å². The lowest BCUT2D eigenvalue weighted by Gasteiger charge is -2.55. The van der Waals surface area contributed by atoms with Crippen molar-refractivity contribution in [2.45, 2.75) is 70.9 Å². The van der Waals surface area contributed by atoms with Crippen LogP contribution in [0.15, 0.2) is 0 Å². The molecule has 0 bridgehead atoms. The highest BCUT2D eigenvalue weighted by Gasteiger charge is 2.56. The largest absolute Gasteiger partial charge is 0.378 e. The van der Waals surface area contributed by atoms with Gasteiger partial charge in [0.1, 0.15) is 0 Å². The Morgan fingerprint density at radius 1 is 1.14 bits per heavy atom. The molecule has 0 amide bonds. The van der Waals surface area contributed by atoms with Gasteiger partial charge in [0.15, 0.2) is 0 Å². The van der Waals surface area contributed by atoms with E-state index in [1.165, 1.54) is 64.6 Å². The normalized spacial score (nSPS) is 35.0. The lowest BCUT2D eigenvalue weighted by atomic mass is 9.60. The van der Waals surface area contributed by atoms with Gasteiger partial charge in [-0.1, -0.05) is 19.8 Å². The first-order chi connectivity index (χ1) is 10.1. The third-order valence-corrected chi connectivity index (χ3v) is 6.66. The van der Waals surface area contributed by atoms with Gasteiger partial charge < -0.3 is 15.0 Å². The highest BCUT2D eigenvalue weighted by atomic mass is 16.5. The number of nitrogens with one attached hydrogen (secondary N) is 1. The van der Waals surface area contributed by atoms with Gasteiger partial charge in [-0.3, -0.25) is 0 Å². The lowest BCUT2D eigenvalue weighted by Crippen LogP contribution is -2.64. The molecular weight excluding hydrogens is 260 g/mol. The van der Waals surface area contributed by atoms with E-state index in [0.717, 1.165) is 6.61 Å². The number of likely N-dealkylation sites (tertiary alicyclic amines) is 1. The van der Waals surface area contributed by atoms with Crippen molar-refractivity contribution in [3.63, 3.8) is 0 Å². The molecule has 3 nitrogen and oxygen atoms in total. The van der Waals surface area contributed by atoms with Crippen LogP contribution in [0.3, 0.4) is 0 Å². The number of rotatable bonds is 5. The van der Waals surface area contributed by atoms with Gasteiger partial charge in [-0.05, 0) is 64.6 Å². The summed E-state index contributed by atoms with van der Waals surface area (Å²) in [6.07, 6.45) is 10.0. The van der Waals surface area contributed by atoms with E-state index in [4.69, 9.17) is 4.74 Å². The van der Waals surface area contributed by atoms with Crippen molar-refractivity contribution >= 4 is 0 Å². The van der Waals surface area contributed by atoms with E-state index in [-0.39, 0.29) is 0 Å². The molecule has 1 N–H and O–H groups in total. The summed E-state index contributed by atoms with van der Waals surface area (Å²) >= 11 is 0. The van der Waals surface area contributed by atoms with Crippen LogP contribution >= 0.6 is 0 Å². The summed E-state index contributed by atoms with van der Waals surface area (Å²) in [5.41, 5.74) is 0.987. The molecular formula is C18H34N2O. The van der Waals surface area contributed by atoms with Gasteiger partial charge >= 0.3 is 0 Å². The van der Waals surface area contributed by atoms with Gasteiger partial charge in [0.05, 0.1) is 6.10 Å². The number of piperidine rings is 1. The minimum absolute atomic E-state index is 0.484. The monoisotopic (exact) mass is 294 g/mol. The first-order valence-corrected chi connectivity index (χ1v) is 9.11. The van der Waals surface area contributed by atoms with Crippen LogP contribution in [0.4, 0.5) is 0 Å². The fourth-order valence-electron chi connectivity index (χ4n) is 4.88. The van der Waals surface area contributed by atoms with Crippen LogP contribution in [0.25, 0.3) is 0 Å². The Labute approximate surface area is 130 Å². The molecule has 0 aromatic carbocycles. The number of nitrogens with zero attached hydrogens (tertiary/aromatic N) is 1. The van der Waals surface area contributed by atoms with Gasteiger partial charge in [0.25, 0.3) is 0 Å². The third kappa shape index (κ3) is 3.02. The van der Waals surface area contributed by atoms with E-state index in [0.29, 0.717) is 23.0 Å². The topological polar surface area (TPSA) is 24.5 Å². The quantitative estimate of drug-likeness (QED) is 0.843. The lowest BCUT2D eigenvalue weighted by molar-refractivity contribution is -0.132. The number of ether oxygens (including phenoxy) is 1. The maximum absolute atomic E-state index is 6.03. The van der Waals surface area contributed by atoms with Crippen LogP contribution < -0.4 is 5.32 Å². The van der Waals surface area contributed by atoms with Crippen LogP contribution in [0.5, 0.6) is 0 Å². The maximum Gasteiger partial charge on any atom is 0.0661 e. The van der Waals surface area contributed by atoms with Gasteiger partial charge in [-0.15, -0.1) is 0 Å². The summed E-state index contributed by atoms with van der Waals surface area (Å²) in [5, 5.41) is 3.97. The zero-order valence-corrected chi connectivity index (χ0v) is 14.3. The van der Waals surface area contributed by atoms with Crippen molar-refractivity contribution in [1.82, 2.24) is 10.2 Å². The Morgan fingerprint density at radius 3 is 2.43 bits per heavy atom. The Hall–Kier alpha value is -0.120. The van der Waals surface area contributed by atoms with Crippen LogP contribution in [-0.4, -0.2) is 50.3 Å². The second kappa shape index (κ2) is 6.17. The zero-order valence-electron chi connectivity index (χ0n) is 14.3. The van der Waals surface area contributed by atoms with Gasteiger partial charge in [-0.2, -0.15) is 0 Å². The van der Waals surface area contributed by atoms with E-state index in [2.05, 4.69) is 31.1 Å². The molecule has 122 valence electrons. The highest BCUT2D eigenvalue weighted by molar-refractivity contribution is 5.10. The van der Waals surface area contributed by atoms with E-state index in [1.807, 2.05) is 0 Å². The molecule has 1 saturated heterocycles. The first kappa shape index (κ1) is 15.8. The molecule has 1 spiro atoms. The molecule has 0 aromatic rings. The molecule has 21 heavy (non-hydrogen) atoms. The van der Waals surface area contributed by atoms with Gasteiger partial charge in [0, 0.05) is 24.6 Å². The van der Waals surface area contributed by atoms with Crippen molar-refractivity contribution in [1.29, 1.82) is 0 Å². The fourth-order valence-corrected chi connectivity index (χ4v) is 4.88. The number of hydrogen-bond acceptors (Lipinski definition) is 3. The van der Waals surface area contributed by atoms with Crippen molar-refractivity contribution < 1.29 is 4.74 Å².